The number of amides is 1. The summed E-state index contributed by atoms with van der Waals surface area (Å²) in [7, 11) is 0. The van der Waals surface area contributed by atoms with Crippen molar-refractivity contribution in [3.63, 3.8) is 0 Å². The molecule has 0 aromatic heterocycles. The first-order valence-electron chi connectivity index (χ1n) is 5.99. The number of carbonyl (C=O) groups is 2. The third-order valence-electron chi connectivity index (χ3n) is 2.84. The van der Waals surface area contributed by atoms with Gasteiger partial charge in [-0.15, -0.1) is 0 Å². The smallest absolute Gasteiger partial charge is 0.337 e. The van der Waals surface area contributed by atoms with Gasteiger partial charge in [0.05, 0.1) is 26.9 Å². The lowest BCUT2D eigenvalue weighted by Gasteiger charge is -2.11. The van der Waals surface area contributed by atoms with Crippen molar-refractivity contribution in [1.82, 2.24) is 0 Å². The van der Waals surface area contributed by atoms with Crippen LogP contribution in [0.1, 0.15) is 26.3 Å². The molecule has 0 unspecified atom stereocenters. The molecule has 0 saturated carbocycles. The van der Waals surface area contributed by atoms with Crippen LogP contribution in [-0.4, -0.2) is 17.0 Å². The number of benzene rings is 2. The summed E-state index contributed by atoms with van der Waals surface area (Å²) in [6.07, 6.45) is 0. The van der Waals surface area contributed by atoms with Gasteiger partial charge in [-0.3, -0.25) is 4.79 Å². The maximum absolute atomic E-state index is 12.2. The Morgan fingerprint density at radius 1 is 1.10 bits per heavy atom. The van der Waals surface area contributed by atoms with Gasteiger partial charge in [0.25, 0.3) is 5.91 Å². The van der Waals surface area contributed by atoms with Crippen molar-refractivity contribution in [3.05, 3.63) is 63.1 Å². The first-order valence-corrected chi connectivity index (χ1v) is 6.75. The highest BCUT2D eigenvalue weighted by Gasteiger charge is 2.18. The zero-order valence-electron chi connectivity index (χ0n) is 11.0. The number of nitrogens with one attached hydrogen (secondary N) is 1. The Labute approximate surface area is 131 Å². The van der Waals surface area contributed by atoms with Crippen molar-refractivity contribution in [2.75, 3.05) is 5.32 Å². The second-order valence-electron chi connectivity index (χ2n) is 4.40. The van der Waals surface area contributed by atoms with Gasteiger partial charge in [-0.2, -0.15) is 0 Å². The van der Waals surface area contributed by atoms with Gasteiger partial charge in [-0.25, -0.2) is 4.79 Å². The molecule has 6 heteroatoms. The predicted molar refractivity (Wildman–Crippen MR) is 82.6 cm³/mol. The molecule has 21 heavy (non-hydrogen) atoms. The standard InChI is InChI=1S/C15H11Cl2NO3/c1-8-5-6-12(9(7-8)15(20)21)18-14(19)13-10(16)3-2-4-11(13)17/h2-7H,1H3,(H,18,19)(H,20,21). The summed E-state index contributed by atoms with van der Waals surface area (Å²) in [5.41, 5.74) is 1.08. The van der Waals surface area contributed by atoms with E-state index in [2.05, 4.69) is 5.32 Å². The van der Waals surface area contributed by atoms with E-state index in [1.807, 2.05) is 0 Å². The number of hydrogen-bond acceptors (Lipinski definition) is 2. The van der Waals surface area contributed by atoms with E-state index in [0.29, 0.717) is 0 Å². The molecule has 0 aliphatic rings. The van der Waals surface area contributed by atoms with Crippen molar-refractivity contribution in [2.24, 2.45) is 0 Å². The molecule has 0 heterocycles. The van der Waals surface area contributed by atoms with Crippen molar-refractivity contribution < 1.29 is 14.7 Å². The van der Waals surface area contributed by atoms with Crippen molar-refractivity contribution >= 4 is 40.8 Å². The molecule has 2 rings (SSSR count). The Bertz CT molecular complexity index is 709. The number of carbonyl (C=O) groups excluding carboxylic acids is 1. The minimum absolute atomic E-state index is 0.00604. The van der Waals surface area contributed by atoms with Crippen LogP contribution in [-0.2, 0) is 0 Å². The third-order valence-corrected chi connectivity index (χ3v) is 3.47. The Morgan fingerprint density at radius 2 is 1.71 bits per heavy atom. The molecular formula is C15H11Cl2NO3. The van der Waals surface area contributed by atoms with E-state index in [1.165, 1.54) is 24.3 Å². The number of carboxylic acids is 1. The zero-order valence-corrected chi connectivity index (χ0v) is 12.5. The van der Waals surface area contributed by atoms with E-state index in [1.54, 1.807) is 19.1 Å². The van der Waals surface area contributed by atoms with Gasteiger partial charge < -0.3 is 10.4 Å². The van der Waals surface area contributed by atoms with E-state index in [9.17, 15) is 14.7 Å². The first-order chi connectivity index (χ1) is 9.90. The van der Waals surface area contributed by atoms with Crippen LogP contribution in [0, 0.1) is 6.92 Å². The fraction of sp³-hybridized carbons (Fsp3) is 0.0667. The number of aryl methyl sites for hydroxylation is 1. The summed E-state index contributed by atoms with van der Waals surface area (Å²) in [6, 6.07) is 9.41. The van der Waals surface area contributed by atoms with Gasteiger partial charge in [0.2, 0.25) is 0 Å². The number of carboxylic acid groups (broad SMARTS) is 1. The Kier molecular flexibility index (Phi) is 4.50. The predicted octanol–water partition coefficient (Wildman–Crippen LogP) is 4.25. The first kappa shape index (κ1) is 15.4. The molecule has 0 aliphatic carbocycles. The molecule has 108 valence electrons. The largest absolute Gasteiger partial charge is 0.478 e. The number of aromatic carboxylic acids is 1. The number of halogens is 2. The minimum atomic E-state index is -1.13. The van der Waals surface area contributed by atoms with E-state index in [0.717, 1.165) is 5.56 Å². The van der Waals surface area contributed by atoms with Crippen LogP contribution in [0.15, 0.2) is 36.4 Å². The summed E-state index contributed by atoms with van der Waals surface area (Å²) in [5.74, 6) is -1.68. The molecule has 2 aromatic rings. The van der Waals surface area contributed by atoms with Crippen molar-refractivity contribution in [3.8, 4) is 0 Å². The fourth-order valence-electron chi connectivity index (χ4n) is 1.84. The molecule has 0 fully saturated rings. The maximum Gasteiger partial charge on any atom is 0.337 e. The number of anilines is 1. The van der Waals surface area contributed by atoms with Gasteiger partial charge >= 0.3 is 5.97 Å². The van der Waals surface area contributed by atoms with Crippen LogP contribution >= 0.6 is 23.2 Å². The van der Waals surface area contributed by atoms with Gasteiger partial charge in [-0.1, -0.05) is 40.9 Å². The lowest BCUT2D eigenvalue weighted by atomic mass is 10.1. The molecule has 0 radical (unpaired) electrons. The number of hydrogen-bond donors (Lipinski definition) is 2. The average Bonchev–Trinajstić information content (AvgIpc) is 2.40. The van der Waals surface area contributed by atoms with Crippen LogP contribution in [0.5, 0.6) is 0 Å². The highest BCUT2D eigenvalue weighted by Crippen LogP contribution is 2.26. The maximum atomic E-state index is 12.2. The minimum Gasteiger partial charge on any atom is -0.478 e. The molecule has 4 nitrogen and oxygen atoms in total. The van der Waals surface area contributed by atoms with E-state index in [-0.39, 0.29) is 26.9 Å². The Morgan fingerprint density at radius 3 is 2.29 bits per heavy atom. The Balaban J connectivity index is 2.39. The topological polar surface area (TPSA) is 66.4 Å². The van der Waals surface area contributed by atoms with Crippen LogP contribution in [0.2, 0.25) is 10.0 Å². The molecule has 1 amide bonds. The summed E-state index contributed by atoms with van der Waals surface area (Å²) in [6.45, 7) is 1.77. The van der Waals surface area contributed by atoms with Crippen molar-refractivity contribution in [2.45, 2.75) is 6.92 Å². The van der Waals surface area contributed by atoms with Crippen LogP contribution in [0.25, 0.3) is 0 Å². The lowest BCUT2D eigenvalue weighted by Crippen LogP contribution is -2.16. The molecule has 0 saturated heterocycles. The Hall–Kier alpha value is -2.04. The normalized spacial score (nSPS) is 10.2. The van der Waals surface area contributed by atoms with Gasteiger partial charge in [0.15, 0.2) is 0 Å². The van der Waals surface area contributed by atoms with Gasteiger partial charge in [0, 0.05) is 0 Å². The SMILES string of the molecule is Cc1ccc(NC(=O)c2c(Cl)cccc2Cl)c(C(=O)O)c1. The summed E-state index contributed by atoms with van der Waals surface area (Å²) in [5, 5.41) is 12.1. The highest BCUT2D eigenvalue weighted by molar-refractivity contribution is 6.40. The van der Waals surface area contributed by atoms with E-state index < -0.39 is 11.9 Å². The molecule has 0 atom stereocenters. The summed E-state index contributed by atoms with van der Waals surface area (Å²) < 4.78 is 0. The molecule has 0 aliphatic heterocycles. The molecule has 2 N–H and O–H groups in total. The van der Waals surface area contributed by atoms with E-state index >= 15 is 0 Å². The van der Waals surface area contributed by atoms with Crippen LogP contribution in [0.3, 0.4) is 0 Å². The summed E-state index contributed by atoms with van der Waals surface area (Å²) in [4.78, 5) is 23.5. The van der Waals surface area contributed by atoms with Gasteiger partial charge in [0.1, 0.15) is 0 Å². The number of rotatable bonds is 3. The second-order valence-corrected chi connectivity index (χ2v) is 5.22. The summed E-state index contributed by atoms with van der Waals surface area (Å²) >= 11 is 11.9. The molecule has 2 aromatic carbocycles. The molecule has 0 spiro atoms. The van der Waals surface area contributed by atoms with Crippen molar-refractivity contribution in [1.29, 1.82) is 0 Å². The fourth-order valence-corrected chi connectivity index (χ4v) is 2.41. The van der Waals surface area contributed by atoms with Crippen LogP contribution in [0.4, 0.5) is 5.69 Å². The monoisotopic (exact) mass is 323 g/mol. The zero-order chi connectivity index (χ0) is 15.6. The van der Waals surface area contributed by atoms with E-state index in [4.69, 9.17) is 23.2 Å². The molecule has 0 bridgehead atoms. The molecular weight excluding hydrogens is 313 g/mol. The van der Waals surface area contributed by atoms with Gasteiger partial charge in [-0.05, 0) is 31.2 Å². The third kappa shape index (κ3) is 3.35. The lowest BCUT2D eigenvalue weighted by molar-refractivity contribution is 0.0698. The average molecular weight is 324 g/mol. The van der Waals surface area contributed by atoms with Crippen LogP contribution < -0.4 is 5.32 Å². The quantitative estimate of drug-likeness (QED) is 0.887. The highest BCUT2D eigenvalue weighted by atomic mass is 35.5. The second kappa shape index (κ2) is 6.16.